The number of ether oxygens (including phenoxy) is 2. The molecule has 0 bridgehead atoms. The fraction of sp³-hybridized carbons (Fsp3) is 0.208. The first-order valence-electron chi connectivity index (χ1n) is 9.37. The highest BCUT2D eigenvalue weighted by Crippen LogP contribution is 2.23. The molecule has 0 amide bonds. The van der Waals surface area contributed by atoms with Crippen molar-refractivity contribution in [2.45, 2.75) is 26.2 Å². The summed E-state index contributed by atoms with van der Waals surface area (Å²) in [7, 11) is 0. The van der Waals surface area contributed by atoms with E-state index in [1.54, 1.807) is 12.1 Å². The zero-order valence-corrected chi connectivity index (χ0v) is 15.6. The zero-order chi connectivity index (χ0) is 18.9. The second-order valence-electron chi connectivity index (χ2n) is 6.36. The Morgan fingerprint density at radius 1 is 0.778 bits per heavy atom. The van der Waals surface area contributed by atoms with E-state index >= 15 is 0 Å². The third-order valence-corrected chi connectivity index (χ3v) is 4.26. The lowest BCUT2D eigenvalue weighted by molar-refractivity contribution is 0.0734. The average molecular weight is 360 g/mol. The number of benzene rings is 3. The number of unbranched alkanes of at least 4 members (excludes halogenated alkanes) is 2. The molecule has 0 saturated carbocycles. The number of rotatable bonds is 8. The molecule has 0 saturated heterocycles. The van der Waals surface area contributed by atoms with Gasteiger partial charge in [0.1, 0.15) is 11.5 Å². The summed E-state index contributed by atoms with van der Waals surface area (Å²) in [5.74, 6) is 0.829. The molecular formula is C24H24O3. The Balaban J connectivity index is 1.61. The van der Waals surface area contributed by atoms with E-state index in [-0.39, 0.29) is 5.97 Å². The lowest BCUT2D eigenvalue weighted by Crippen LogP contribution is -2.08. The van der Waals surface area contributed by atoms with Gasteiger partial charge in [-0.15, -0.1) is 0 Å². The van der Waals surface area contributed by atoms with Crippen LogP contribution in [0.3, 0.4) is 0 Å². The van der Waals surface area contributed by atoms with Gasteiger partial charge in [-0.3, -0.25) is 0 Å². The van der Waals surface area contributed by atoms with Crippen LogP contribution in [0.1, 0.15) is 36.5 Å². The maximum atomic E-state index is 12.4. The molecule has 0 atom stereocenters. The summed E-state index contributed by atoms with van der Waals surface area (Å²) in [4.78, 5) is 12.4. The third kappa shape index (κ3) is 5.45. The summed E-state index contributed by atoms with van der Waals surface area (Å²) < 4.78 is 11.2. The van der Waals surface area contributed by atoms with E-state index in [9.17, 15) is 4.79 Å². The standard InChI is InChI=1S/C24H24O3/c1-2-3-7-17-26-23-12-8-11-21(18-23)24(25)27-22-15-13-20(14-16-22)19-9-5-4-6-10-19/h4-6,8-16,18H,2-3,7,17H2,1H3. The molecule has 0 fully saturated rings. The van der Waals surface area contributed by atoms with E-state index < -0.39 is 0 Å². The van der Waals surface area contributed by atoms with Crippen molar-refractivity contribution >= 4 is 5.97 Å². The first kappa shape index (κ1) is 18.7. The van der Waals surface area contributed by atoms with Crippen LogP contribution in [0, 0.1) is 0 Å². The summed E-state index contributed by atoms with van der Waals surface area (Å²) in [5.41, 5.74) is 2.69. The topological polar surface area (TPSA) is 35.5 Å². The molecule has 0 heterocycles. The third-order valence-electron chi connectivity index (χ3n) is 4.26. The molecule has 0 N–H and O–H groups in total. The summed E-state index contributed by atoms with van der Waals surface area (Å²) in [6.07, 6.45) is 3.30. The average Bonchev–Trinajstić information content (AvgIpc) is 2.73. The predicted molar refractivity (Wildman–Crippen MR) is 108 cm³/mol. The molecule has 3 aromatic rings. The van der Waals surface area contributed by atoms with Gasteiger partial charge in [0.25, 0.3) is 0 Å². The quantitative estimate of drug-likeness (QED) is 0.275. The van der Waals surface area contributed by atoms with Crippen LogP contribution in [0.4, 0.5) is 0 Å². The van der Waals surface area contributed by atoms with E-state index in [2.05, 4.69) is 6.92 Å². The van der Waals surface area contributed by atoms with Crippen molar-refractivity contribution in [3.05, 3.63) is 84.4 Å². The molecular weight excluding hydrogens is 336 g/mol. The Morgan fingerprint density at radius 2 is 1.52 bits per heavy atom. The van der Waals surface area contributed by atoms with Crippen molar-refractivity contribution in [3.63, 3.8) is 0 Å². The number of esters is 1. The van der Waals surface area contributed by atoms with Crippen LogP contribution in [0.25, 0.3) is 11.1 Å². The van der Waals surface area contributed by atoms with Gasteiger partial charge in [-0.25, -0.2) is 4.79 Å². The van der Waals surface area contributed by atoms with Crippen molar-refractivity contribution in [2.24, 2.45) is 0 Å². The van der Waals surface area contributed by atoms with Gasteiger partial charge in [0.05, 0.1) is 12.2 Å². The summed E-state index contributed by atoms with van der Waals surface area (Å²) in [6.45, 7) is 2.82. The molecule has 3 nitrogen and oxygen atoms in total. The molecule has 3 rings (SSSR count). The Hall–Kier alpha value is -3.07. The van der Waals surface area contributed by atoms with Crippen LogP contribution in [-0.2, 0) is 0 Å². The van der Waals surface area contributed by atoms with Crippen molar-refractivity contribution in [1.82, 2.24) is 0 Å². The van der Waals surface area contributed by atoms with Gasteiger partial charge in [-0.2, -0.15) is 0 Å². The van der Waals surface area contributed by atoms with Crippen LogP contribution in [-0.4, -0.2) is 12.6 Å². The molecule has 138 valence electrons. The number of carbonyl (C=O) groups excluding carboxylic acids is 1. The molecule has 0 aromatic heterocycles. The lowest BCUT2D eigenvalue weighted by atomic mass is 10.1. The molecule has 0 aliphatic carbocycles. The predicted octanol–water partition coefficient (Wildman–Crippen LogP) is 6.14. The van der Waals surface area contributed by atoms with Crippen molar-refractivity contribution in [1.29, 1.82) is 0 Å². The maximum Gasteiger partial charge on any atom is 0.343 e. The Kier molecular flexibility index (Phi) is 6.64. The van der Waals surface area contributed by atoms with Crippen LogP contribution in [0.2, 0.25) is 0 Å². The SMILES string of the molecule is CCCCCOc1cccc(C(=O)Oc2ccc(-c3ccccc3)cc2)c1. The van der Waals surface area contributed by atoms with Gasteiger partial charge >= 0.3 is 5.97 Å². The molecule has 27 heavy (non-hydrogen) atoms. The Labute approximate surface area is 160 Å². The van der Waals surface area contributed by atoms with E-state index in [1.807, 2.05) is 66.7 Å². The van der Waals surface area contributed by atoms with E-state index in [4.69, 9.17) is 9.47 Å². The summed E-state index contributed by atoms with van der Waals surface area (Å²) >= 11 is 0. The first-order valence-corrected chi connectivity index (χ1v) is 9.37. The second kappa shape index (κ2) is 9.58. The molecule has 0 spiro atoms. The minimum atomic E-state index is -0.388. The molecule has 0 unspecified atom stereocenters. The highest BCUT2D eigenvalue weighted by atomic mass is 16.5. The normalized spacial score (nSPS) is 10.4. The van der Waals surface area contributed by atoms with Gasteiger partial charge in [0.15, 0.2) is 0 Å². The minimum absolute atomic E-state index is 0.388. The van der Waals surface area contributed by atoms with Crippen LogP contribution in [0.15, 0.2) is 78.9 Å². The molecule has 0 aliphatic heterocycles. The molecule has 0 aliphatic rings. The van der Waals surface area contributed by atoms with Gasteiger partial charge in [0, 0.05) is 0 Å². The lowest BCUT2D eigenvalue weighted by Gasteiger charge is -2.09. The maximum absolute atomic E-state index is 12.4. The fourth-order valence-electron chi connectivity index (χ4n) is 2.77. The van der Waals surface area contributed by atoms with E-state index in [0.717, 1.165) is 30.4 Å². The highest BCUT2D eigenvalue weighted by Gasteiger charge is 2.10. The van der Waals surface area contributed by atoms with Gasteiger partial charge in [0.2, 0.25) is 0 Å². The van der Waals surface area contributed by atoms with E-state index in [1.165, 1.54) is 0 Å². The number of hydrogen-bond acceptors (Lipinski definition) is 3. The van der Waals surface area contributed by atoms with Crippen LogP contribution in [0.5, 0.6) is 11.5 Å². The van der Waals surface area contributed by atoms with Crippen molar-refractivity contribution < 1.29 is 14.3 Å². The Morgan fingerprint density at radius 3 is 2.26 bits per heavy atom. The fourth-order valence-corrected chi connectivity index (χ4v) is 2.77. The second-order valence-corrected chi connectivity index (χ2v) is 6.36. The Bertz CT molecular complexity index is 854. The van der Waals surface area contributed by atoms with Crippen molar-refractivity contribution in [2.75, 3.05) is 6.61 Å². The number of hydrogen-bond donors (Lipinski definition) is 0. The molecule has 3 aromatic carbocycles. The monoisotopic (exact) mass is 360 g/mol. The zero-order valence-electron chi connectivity index (χ0n) is 15.6. The summed E-state index contributed by atoms with van der Waals surface area (Å²) in [5, 5.41) is 0. The highest BCUT2D eigenvalue weighted by molar-refractivity contribution is 5.91. The molecule has 0 radical (unpaired) electrons. The number of carbonyl (C=O) groups is 1. The van der Waals surface area contributed by atoms with Crippen LogP contribution >= 0.6 is 0 Å². The van der Waals surface area contributed by atoms with Gasteiger partial charge in [-0.05, 0) is 47.9 Å². The minimum Gasteiger partial charge on any atom is -0.494 e. The van der Waals surface area contributed by atoms with Crippen molar-refractivity contribution in [3.8, 4) is 22.6 Å². The molecule has 3 heteroatoms. The van der Waals surface area contributed by atoms with Crippen LogP contribution < -0.4 is 9.47 Å². The van der Waals surface area contributed by atoms with Gasteiger partial charge in [-0.1, -0.05) is 68.3 Å². The van der Waals surface area contributed by atoms with E-state index in [0.29, 0.717) is 23.7 Å². The smallest absolute Gasteiger partial charge is 0.343 e. The van der Waals surface area contributed by atoms with Gasteiger partial charge < -0.3 is 9.47 Å². The largest absolute Gasteiger partial charge is 0.494 e. The first-order chi connectivity index (χ1) is 13.3. The summed E-state index contributed by atoms with van der Waals surface area (Å²) in [6, 6.07) is 24.7.